The van der Waals surface area contributed by atoms with E-state index in [2.05, 4.69) is 19.2 Å². The van der Waals surface area contributed by atoms with Gasteiger partial charge in [-0.2, -0.15) is 0 Å². The van der Waals surface area contributed by atoms with Crippen molar-refractivity contribution in [2.24, 2.45) is 11.1 Å². The van der Waals surface area contributed by atoms with Gasteiger partial charge in [-0.05, 0) is 19.3 Å². The number of amides is 2. The third-order valence-electron chi connectivity index (χ3n) is 4.53. The number of urea groups is 1. The third-order valence-corrected chi connectivity index (χ3v) is 4.53. The first kappa shape index (κ1) is 12.7. The maximum Gasteiger partial charge on any atom is 0.317 e. The van der Waals surface area contributed by atoms with Crippen LogP contribution in [0.1, 0.15) is 46.0 Å². The Labute approximate surface area is 104 Å². The lowest BCUT2D eigenvalue weighted by atomic mass is 9.63. The molecule has 4 nitrogen and oxygen atoms in total. The summed E-state index contributed by atoms with van der Waals surface area (Å²) in [6, 6.07) is 0.571. The van der Waals surface area contributed by atoms with Gasteiger partial charge in [0, 0.05) is 30.6 Å². The first-order valence-electron chi connectivity index (χ1n) is 6.83. The lowest BCUT2D eigenvalue weighted by Gasteiger charge is -2.50. The molecular formula is C13H25N3O. The van der Waals surface area contributed by atoms with Crippen molar-refractivity contribution in [2.45, 2.75) is 58.0 Å². The molecule has 2 rings (SSSR count). The Balaban J connectivity index is 1.84. The van der Waals surface area contributed by atoms with Crippen LogP contribution in [0.15, 0.2) is 0 Å². The third kappa shape index (κ3) is 2.57. The smallest absolute Gasteiger partial charge is 0.317 e. The van der Waals surface area contributed by atoms with E-state index in [4.69, 9.17) is 5.73 Å². The predicted molar refractivity (Wildman–Crippen MR) is 68.7 cm³/mol. The lowest BCUT2D eigenvalue weighted by molar-refractivity contribution is 0.0739. The summed E-state index contributed by atoms with van der Waals surface area (Å²) in [6.07, 6.45) is 5.70. The van der Waals surface area contributed by atoms with E-state index in [9.17, 15) is 4.79 Å². The monoisotopic (exact) mass is 239 g/mol. The van der Waals surface area contributed by atoms with E-state index in [1.54, 1.807) is 0 Å². The molecule has 0 bridgehead atoms. The molecule has 2 unspecified atom stereocenters. The molecule has 2 atom stereocenters. The molecule has 0 aromatic rings. The Kier molecular flexibility index (Phi) is 3.61. The summed E-state index contributed by atoms with van der Waals surface area (Å²) in [5, 5.41) is 3.14. The van der Waals surface area contributed by atoms with Gasteiger partial charge in [0.2, 0.25) is 0 Å². The largest absolute Gasteiger partial charge is 0.335 e. The highest BCUT2D eigenvalue weighted by molar-refractivity contribution is 5.74. The molecule has 1 saturated carbocycles. The highest BCUT2D eigenvalue weighted by atomic mass is 16.2. The fraction of sp³-hybridized carbons (Fsp3) is 0.923. The molecule has 98 valence electrons. The van der Waals surface area contributed by atoms with E-state index in [-0.39, 0.29) is 23.5 Å². The SMILES string of the molecule is CC1(C)C(N)CC1NC(=O)N1CCCCCC1. The highest BCUT2D eigenvalue weighted by Gasteiger charge is 2.47. The van der Waals surface area contributed by atoms with Crippen molar-refractivity contribution < 1.29 is 4.79 Å². The van der Waals surface area contributed by atoms with Crippen molar-refractivity contribution >= 4 is 6.03 Å². The molecule has 17 heavy (non-hydrogen) atoms. The van der Waals surface area contributed by atoms with Crippen LogP contribution < -0.4 is 11.1 Å². The summed E-state index contributed by atoms with van der Waals surface area (Å²) in [7, 11) is 0. The number of hydrogen-bond acceptors (Lipinski definition) is 2. The second-order valence-electron chi connectivity index (χ2n) is 6.07. The van der Waals surface area contributed by atoms with Crippen LogP contribution in [0, 0.1) is 5.41 Å². The van der Waals surface area contributed by atoms with Gasteiger partial charge >= 0.3 is 6.03 Å². The Morgan fingerprint density at radius 2 is 1.82 bits per heavy atom. The van der Waals surface area contributed by atoms with Crippen LogP contribution in [0.3, 0.4) is 0 Å². The van der Waals surface area contributed by atoms with Gasteiger partial charge in [0.25, 0.3) is 0 Å². The predicted octanol–water partition coefficient (Wildman–Crippen LogP) is 1.70. The minimum atomic E-state index is 0.0432. The van der Waals surface area contributed by atoms with Gasteiger partial charge in [-0.15, -0.1) is 0 Å². The van der Waals surface area contributed by atoms with Crippen LogP contribution in [0.4, 0.5) is 4.79 Å². The molecule has 3 N–H and O–H groups in total. The summed E-state index contributed by atoms with van der Waals surface area (Å²) < 4.78 is 0. The number of hydrogen-bond donors (Lipinski definition) is 2. The topological polar surface area (TPSA) is 58.4 Å². The second kappa shape index (κ2) is 4.84. The summed E-state index contributed by atoms with van der Waals surface area (Å²) in [4.78, 5) is 14.1. The molecule has 0 aromatic carbocycles. The lowest BCUT2D eigenvalue weighted by Crippen LogP contribution is -2.65. The molecule has 1 heterocycles. The van der Waals surface area contributed by atoms with Gasteiger partial charge in [-0.1, -0.05) is 26.7 Å². The Morgan fingerprint density at radius 1 is 1.24 bits per heavy atom. The van der Waals surface area contributed by atoms with Crippen LogP contribution in [0.2, 0.25) is 0 Å². The van der Waals surface area contributed by atoms with E-state index in [1.807, 2.05) is 4.90 Å². The molecule has 1 saturated heterocycles. The highest BCUT2D eigenvalue weighted by Crippen LogP contribution is 2.39. The standard InChI is InChI=1S/C13H25N3O/c1-13(2)10(14)9-11(13)15-12(17)16-7-5-3-4-6-8-16/h10-11H,3-9,14H2,1-2H3,(H,15,17). The number of carbonyl (C=O) groups excluding carboxylic acids is 1. The second-order valence-corrected chi connectivity index (χ2v) is 6.07. The van der Waals surface area contributed by atoms with E-state index < -0.39 is 0 Å². The van der Waals surface area contributed by atoms with Gasteiger partial charge in [0.1, 0.15) is 0 Å². The zero-order chi connectivity index (χ0) is 12.5. The summed E-state index contributed by atoms with van der Waals surface area (Å²) in [5.74, 6) is 0. The maximum atomic E-state index is 12.1. The van der Waals surface area contributed by atoms with E-state index in [0.29, 0.717) is 0 Å². The Morgan fingerprint density at radius 3 is 2.29 bits per heavy atom. The van der Waals surface area contributed by atoms with Crippen molar-refractivity contribution in [3.63, 3.8) is 0 Å². The number of nitrogens with zero attached hydrogens (tertiary/aromatic N) is 1. The van der Waals surface area contributed by atoms with Gasteiger partial charge in [0.05, 0.1) is 0 Å². The first-order valence-corrected chi connectivity index (χ1v) is 6.83. The normalized spacial score (nSPS) is 32.5. The first-order chi connectivity index (χ1) is 8.01. The van der Waals surface area contributed by atoms with Crippen LogP contribution in [0.25, 0.3) is 0 Å². The van der Waals surface area contributed by atoms with Crippen molar-refractivity contribution in [1.82, 2.24) is 10.2 Å². The van der Waals surface area contributed by atoms with E-state index >= 15 is 0 Å². The van der Waals surface area contributed by atoms with Crippen molar-refractivity contribution in [3.05, 3.63) is 0 Å². The molecule has 2 fully saturated rings. The molecule has 1 aliphatic carbocycles. The van der Waals surface area contributed by atoms with Crippen molar-refractivity contribution in [2.75, 3.05) is 13.1 Å². The minimum Gasteiger partial charge on any atom is -0.335 e. The van der Waals surface area contributed by atoms with E-state index in [0.717, 1.165) is 32.4 Å². The zero-order valence-corrected chi connectivity index (χ0v) is 11.0. The molecule has 2 aliphatic rings. The number of nitrogens with one attached hydrogen (secondary N) is 1. The molecule has 1 aliphatic heterocycles. The number of likely N-dealkylation sites (tertiary alicyclic amines) is 1. The van der Waals surface area contributed by atoms with Crippen molar-refractivity contribution in [1.29, 1.82) is 0 Å². The zero-order valence-electron chi connectivity index (χ0n) is 11.0. The van der Waals surface area contributed by atoms with Gasteiger partial charge in [-0.25, -0.2) is 4.79 Å². The quantitative estimate of drug-likeness (QED) is 0.731. The summed E-state index contributed by atoms with van der Waals surface area (Å²) in [6.45, 7) is 6.08. The molecule has 0 aromatic heterocycles. The number of nitrogens with two attached hydrogens (primary N) is 1. The van der Waals surface area contributed by atoms with E-state index in [1.165, 1.54) is 12.8 Å². The van der Waals surface area contributed by atoms with Crippen LogP contribution in [0.5, 0.6) is 0 Å². The average Bonchev–Trinajstić information content (AvgIpc) is 2.57. The molecule has 2 amide bonds. The number of rotatable bonds is 1. The van der Waals surface area contributed by atoms with Gasteiger partial charge in [-0.3, -0.25) is 0 Å². The maximum absolute atomic E-state index is 12.1. The van der Waals surface area contributed by atoms with Crippen LogP contribution >= 0.6 is 0 Å². The number of carbonyl (C=O) groups is 1. The van der Waals surface area contributed by atoms with Gasteiger partial charge < -0.3 is 16.0 Å². The fourth-order valence-electron chi connectivity index (χ4n) is 2.72. The average molecular weight is 239 g/mol. The Hall–Kier alpha value is -0.770. The fourth-order valence-corrected chi connectivity index (χ4v) is 2.72. The molecule has 4 heteroatoms. The van der Waals surface area contributed by atoms with Gasteiger partial charge in [0.15, 0.2) is 0 Å². The Bertz CT molecular complexity index is 282. The summed E-state index contributed by atoms with van der Waals surface area (Å²) in [5.41, 5.74) is 6.00. The minimum absolute atomic E-state index is 0.0432. The van der Waals surface area contributed by atoms with Crippen LogP contribution in [-0.4, -0.2) is 36.1 Å². The van der Waals surface area contributed by atoms with Crippen LogP contribution in [-0.2, 0) is 0 Å². The molecule has 0 radical (unpaired) electrons. The molecular weight excluding hydrogens is 214 g/mol. The molecule has 0 spiro atoms. The van der Waals surface area contributed by atoms with Crippen molar-refractivity contribution in [3.8, 4) is 0 Å². The summed E-state index contributed by atoms with van der Waals surface area (Å²) >= 11 is 0.